The third kappa shape index (κ3) is 3.97. The normalized spacial score (nSPS) is 11.0. The maximum Gasteiger partial charge on any atom is 0.341 e. The molecular formula is C16H14ClN2O5S-. The maximum absolute atomic E-state index is 12.1. The summed E-state index contributed by atoms with van der Waals surface area (Å²) in [5.41, 5.74) is 0.412. The van der Waals surface area contributed by atoms with Crippen molar-refractivity contribution in [2.75, 3.05) is 6.61 Å². The molecule has 2 aromatic rings. The number of rotatable bonds is 5. The van der Waals surface area contributed by atoms with Crippen molar-refractivity contribution in [3.8, 4) is 5.75 Å². The van der Waals surface area contributed by atoms with E-state index in [1.54, 1.807) is 13.8 Å². The van der Waals surface area contributed by atoms with Gasteiger partial charge in [-0.1, -0.05) is 11.6 Å². The molecular weight excluding hydrogens is 368 g/mol. The molecule has 9 heteroatoms. The van der Waals surface area contributed by atoms with Crippen molar-refractivity contribution in [1.29, 1.82) is 0 Å². The average Bonchev–Trinajstić information content (AvgIpc) is 2.82. The summed E-state index contributed by atoms with van der Waals surface area (Å²) >= 11 is 7.09. The molecule has 1 heterocycles. The van der Waals surface area contributed by atoms with Crippen LogP contribution in [0, 0.1) is 24.0 Å². The molecule has 1 aromatic heterocycles. The van der Waals surface area contributed by atoms with Crippen molar-refractivity contribution in [2.24, 2.45) is 4.99 Å². The van der Waals surface area contributed by atoms with E-state index in [4.69, 9.17) is 16.3 Å². The largest absolute Gasteiger partial charge is 0.867 e. The zero-order valence-corrected chi connectivity index (χ0v) is 15.2. The molecule has 0 atom stereocenters. The van der Waals surface area contributed by atoms with E-state index in [1.807, 2.05) is 6.92 Å². The van der Waals surface area contributed by atoms with Gasteiger partial charge >= 0.3 is 5.97 Å². The fourth-order valence-corrected chi connectivity index (χ4v) is 3.31. The molecule has 0 bridgehead atoms. The fourth-order valence-electron chi connectivity index (χ4n) is 2.10. The topological polar surface area (TPSA) is 105 Å². The molecule has 2 rings (SSSR count). The van der Waals surface area contributed by atoms with Gasteiger partial charge in [0.2, 0.25) is 0 Å². The molecule has 25 heavy (non-hydrogen) atoms. The van der Waals surface area contributed by atoms with Crippen LogP contribution in [0.1, 0.15) is 33.3 Å². The number of carbonyl (C=O) groups excluding carboxylic acids is 1. The summed E-state index contributed by atoms with van der Waals surface area (Å²) in [6.45, 7) is 5.54. The number of nitro groups is 1. The standard InChI is InChI=1S/C16H15ClN2O5S/c1-4-24-16(21)13-8(2)9(3)25-15(13)18-7-10-5-11(17)6-12(14(10)20)19(22)23/h5-7,20H,4H2,1-3H3/p-1. The van der Waals surface area contributed by atoms with E-state index in [2.05, 4.69) is 4.99 Å². The van der Waals surface area contributed by atoms with Crippen molar-refractivity contribution in [2.45, 2.75) is 20.8 Å². The van der Waals surface area contributed by atoms with Gasteiger partial charge in [-0.2, -0.15) is 0 Å². The van der Waals surface area contributed by atoms with Crippen LogP contribution in [0.15, 0.2) is 17.1 Å². The smallest absolute Gasteiger partial charge is 0.341 e. The van der Waals surface area contributed by atoms with Crippen molar-refractivity contribution in [1.82, 2.24) is 0 Å². The number of hydrogen-bond acceptors (Lipinski definition) is 7. The quantitative estimate of drug-likeness (QED) is 0.337. The summed E-state index contributed by atoms with van der Waals surface area (Å²) in [7, 11) is 0. The second kappa shape index (κ2) is 7.62. The minimum absolute atomic E-state index is 0.0299. The monoisotopic (exact) mass is 381 g/mol. The first-order valence-electron chi connectivity index (χ1n) is 7.22. The molecule has 0 fully saturated rings. The molecule has 0 saturated heterocycles. The van der Waals surface area contributed by atoms with E-state index in [1.165, 1.54) is 23.6 Å². The number of hydrogen-bond donors (Lipinski definition) is 0. The summed E-state index contributed by atoms with van der Waals surface area (Å²) in [5, 5.41) is 23.4. The minimum Gasteiger partial charge on any atom is -0.867 e. The number of thiophene rings is 1. The van der Waals surface area contributed by atoms with Gasteiger partial charge in [0.05, 0.1) is 17.1 Å². The lowest BCUT2D eigenvalue weighted by Crippen LogP contribution is -2.05. The Kier molecular flexibility index (Phi) is 5.76. The van der Waals surface area contributed by atoms with E-state index in [0.29, 0.717) is 10.6 Å². The number of benzene rings is 1. The third-order valence-electron chi connectivity index (χ3n) is 3.43. The van der Waals surface area contributed by atoms with Crippen molar-refractivity contribution in [3.05, 3.63) is 48.8 Å². The number of halogens is 1. The Bertz CT molecular complexity index is 876. The zero-order chi connectivity index (χ0) is 18.7. The summed E-state index contributed by atoms with van der Waals surface area (Å²) in [5.74, 6) is -1.29. The second-order valence-electron chi connectivity index (χ2n) is 5.04. The van der Waals surface area contributed by atoms with E-state index in [0.717, 1.165) is 16.5 Å². The molecule has 0 N–H and O–H groups in total. The van der Waals surface area contributed by atoms with Crippen LogP contribution in [0.5, 0.6) is 5.75 Å². The van der Waals surface area contributed by atoms with Crippen molar-refractivity contribution < 1.29 is 19.6 Å². The van der Waals surface area contributed by atoms with E-state index in [-0.39, 0.29) is 17.2 Å². The summed E-state index contributed by atoms with van der Waals surface area (Å²) < 4.78 is 5.03. The Morgan fingerprint density at radius 2 is 2.12 bits per heavy atom. The van der Waals surface area contributed by atoms with E-state index < -0.39 is 22.3 Å². The Morgan fingerprint density at radius 3 is 2.72 bits per heavy atom. The van der Waals surface area contributed by atoms with Gasteiger partial charge < -0.3 is 9.84 Å². The molecule has 0 radical (unpaired) electrons. The predicted molar refractivity (Wildman–Crippen MR) is 94.6 cm³/mol. The van der Waals surface area contributed by atoms with Gasteiger partial charge in [0.1, 0.15) is 5.00 Å². The Labute approximate surface area is 152 Å². The molecule has 0 unspecified atom stereocenters. The number of esters is 1. The zero-order valence-electron chi connectivity index (χ0n) is 13.7. The van der Waals surface area contributed by atoms with Gasteiger partial charge in [0, 0.05) is 22.2 Å². The second-order valence-corrected chi connectivity index (χ2v) is 6.68. The van der Waals surface area contributed by atoms with Crippen LogP contribution in [0.2, 0.25) is 5.02 Å². The van der Waals surface area contributed by atoms with Crippen LogP contribution >= 0.6 is 22.9 Å². The maximum atomic E-state index is 12.1. The number of ether oxygens (including phenoxy) is 1. The predicted octanol–water partition coefficient (Wildman–Crippen LogP) is 3.93. The fraction of sp³-hybridized carbons (Fsp3) is 0.250. The van der Waals surface area contributed by atoms with Crippen LogP contribution in [-0.2, 0) is 4.74 Å². The summed E-state index contributed by atoms with van der Waals surface area (Å²) in [6.07, 6.45) is 1.18. The highest BCUT2D eigenvalue weighted by Gasteiger charge is 2.20. The highest BCUT2D eigenvalue weighted by atomic mass is 35.5. The first kappa shape index (κ1) is 18.9. The molecule has 0 aliphatic heterocycles. The number of carbonyl (C=O) groups is 1. The van der Waals surface area contributed by atoms with Gasteiger partial charge in [0.15, 0.2) is 0 Å². The first-order chi connectivity index (χ1) is 11.8. The highest BCUT2D eigenvalue weighted by Crippen LogP contribution is 2.36. The molecule has 0 spiro atoms. The first-order valence-corrected chi connectivity index (χ1v) is 8.41. The SMILES string of the molecule is CCOC(=O)c1c(N=Cc2cc(Cl)cc([N+](=O)[O-])c2[O-])sc(C)c1C. The lowest BCUT2D eigenvalue weighted by Gasteiger charge is -2.10. The number of aryl methyl sites for hydroxylation is 1. The molecule has 132 valence electrons. The van der Waals surface area contributed by atoms with E-state index >= 15 is 0 Å². The van der Waals surface area contributed by atoms with Crippen LogP contribution in [0.4, 0.5) is 10.7 Å². The van der Waals surface area contributed by atoms with Crippen LogP contribution in [0.3, 0.4) is 0 Å². The number of nitro benzene ring substituents is 1. The molecule has 0 aliphatic carbocycles. The van der Waals surface area contributed by atoms with Gasteiger partial charge in [-0.05, 0) is 43.7 Å². The van der Waals surface area contributed by atoms with Crippen molar-refractivity contribution >= 4 is 45.8 Å². The molecule has 0 saturated carbocycles. The molecule has 0 aliphatic rings. The minimum atomic E-state index is -0.797. The Morgan fingerprint density at radius 1 is 1.44 bits per heavy atom. The molecule has 0 amide bonds. The highest BCUT2D eigenvalue weighted by molar-refractivity contribution is 7.16. The average molecular weight is 382 g/mol. The Hall–Kier alpha value is -2.45. The van der Waals surface area contributed by atoms with Gasteiger partial charge in [-0.15, -0.1) is 11.3 Å². The summed E-state index contributed by atoms with van der Waals surface area (Å²) in [6, 6.07) is 2.28. The third-order valence-corrected chi connectivity index (χ3v) is 4.76. The molecule has 1 aromatic carbocycles. The number of aliphatic imine (C=N–C) groups is 1. The van der Waals surface area contributed by atoms with Gasteiger partial charge in [-0.25, -0.2) is 9.79 Å². The Balaban J connectivity index is 2.49. The van der Waals surface area contributed by atoms with Crippen LogP contribution in [0.25, 0.3) is 0 Å². The summed E-state index contributed by atoms with van der Waals surface area (Å²) in [4.78, 5) is 27.3. The van der Waals surface area contributed by atoms with Crippen LogP contribution in [-0.4, -0.2) is 23.7 Å². The lowest BCUT2D eigenvalue weighted by molar-refractivity contribution is -0.398. The van der Waals surface area contributed by atoms with Crippen LogP contribution < -0.4 is 5.11 Å². The number of nitrogens with zero attached hydrogens (tertiary/aromatic N) is 2. The van der Waals surface area contributed by atoms with Gasteiger partial charge in [0.25, 0.3) is 5.69 Å². The van der Waals surface area contributed by atoms with Crippen molar-refractivity contribution in [3.63, 3.8) is 0 Å². The molecule has 7 nitrogen and oxygen atoms in total. The lowest BCUT2D eigenvalue weighted by atomic mass is 10.1. The van der Waals surface area contributed by atoms with E-state index in [9.17, 15) is 20.0 Å². The van der Waals surface area contributed by atoms with Gasteiger partial charge in [-0.3, -0.25) is 10.1 Å².